The van der Waals surface area contributed by atoms with Gasteiger partial charge in [0.25, 0.3) is 5.56 Å². The van der Waals surface area contributed by atoms with E-state index in [9.17, 15) is 9.59 Å². The molecule has 5 heteroatoms. The minimum absolute atomic E-state index is 0.0833. The molecule has 0 saturated carbocycles. The molecule has 0 aliphatic rings. The Hall–Kier alpha value is -1.65. The van der Waals surface area contributed by atoms with Crippen molar-refractivity contribution in [2.45, 2.75) is 0 Å². The van der Waals surface area contributed by atoms with Crippen molar-refractivity contribution in [1.82, 2.24) is 9.97 Å². The van der Waals surface area contributed by atoms with Gasteiger partial charge < -0.3 is 9.72 Å². The minimum atomic E-state index is -0.650. The highest BCUT2D eigenvalue weighted by molar-refractivity contribution is 5.84. The van der Waals surface area contributed by atoms with Crippen molar-refractivity contribution < 1.29 is 9.53 Å². The van der Waals surface area contributed by atoms with Gasteiger partial charge in [0, 0.05) is 12.3 Å². The van der Waals surface area contributed by atoms with E-state index < -0.39 is 5.97 Å². The standard InChI is InChI=1S/C6H6N2O3/c1-11-6(10)5-7-3-2-4(9)8-5/h2-3H,1H3,(H,7,8,9). The van der Waals surface area contributed by atoms with Gasteiger partial charge in [-0.05, 0) is 0 Å². The molecule has 11 heavy (non-hydrogen) atoms. The van der Waals surface area contributed by atoms with Gasteiger partial charge in [-0.3, -0.25) is 4.79 Å². The number of carbonyl (C=O) groups excluding carboxylic acids is 1. The summed E-state index contributed by atoms with van der Waals surface area (Å²) in [5.41, 5.74) is -0.375. The number of esters is 1. The highest BCUT2D eigenvalue weighted by atomic mass is 16.5. The van der Waals surface area contributed by atoms with Crippen LogP contribution in [-0.4, -0.2) is 23.0 Å². The third-order valence-electron chi connectivity index (χ3n) is 1.05. The number of nitrogens with one attached hydrogen (secondary N) is 1. The number of ether oxygens (including phenoxy) is 1. The molecule has 1 aromatic heterocycles. The fourth-order valence-electron chi connectivity index (χ4n) is 0.571. The van der Waals surface area contributed by atoms with Crippen molar-refractivity contribution in [1.29, 1.82) is 0 Å². The van der Waals surface area contributed by atoms with E-state index in [1.165, 1.54) is 19.4 Å². The van der Waals surface area contributed by atoms with Crippen LogP contribution in [-0.2, 0) is 4.74 Å². The molecule has 0 amide bonds. The van der Waals surface area contributed by atoms with E-state index in [4.69, 9.17) is 0 Å². The first-order chi connectivity index (χ1) is 5.24. The smallest absolute Gasteiger partial charge is 0.374 e. The molecule has 5 nitrogen and oxygen atoms in total. The zero-order valence-corrected chi connectivity index (χ0v) is 5.83. The number of hydrogen-bond donors (Lipinski definition) is 1. The molecule has 0 bridgehead atoms. The lowest BCUT2D eigenvalue weighted by atomic mass is 10.5. The van der Waals surface area contributed by atoms with Gasteiger partial charge in [0.1, 0.15) is 0 Å². The lowest BCUT2D eigenvalue weighted by Crippen LogP contribution is -2.14. The second kappa shape index (κ2) is 2.96. The van der Waals surface area contributed by atoms with Gasteiger partial charge in [0.2, 0.25) is 5.82 Å². The number of aromatic amines is 1. The van der Waals surface area contributed by atoms with E-state index in [0.29, 0.717) is 0 Å². The van der Waals surface area contributed by atoms with Gasteiger partial charge >= 0.3 is 5.97 Å². The number of hydrogen-bond acceptors (Lipinski definition) is 4. The Morgan fingerprint density at radius 1 is 1.73 bits per heavy atom. The maximum absolute atomic E-state index is 10.7. The molecule has 1 N–H and O–H groups in total. The minimum Gasteiger partial charge on any atom is -0.463 e. The lowest BCUT2D eigenvalue weighted by Gasteiger charge is -1.94. The molecule has 0 aromatic carbocycles. The summed E-state index contributed by atoms with van der Waals surface area (Å²) in [5.74, 6) is -0.734. The summed E-state index contributed by atoms with van der Waals surface area (Å²) in [5, 5.41) is 0. The molecule has 0 fully saturated rings. The highest BCUT2D eigenvalue weighted by Gasteiger charge is 2.05. The van der Waals surface area contributed by atoms with Crippen LogP contribution < -0.4 is 5.56 Å². The van der Waals surface area contributed by atoms with Gasteiger partial charge in [-0.2, -0.15) is 0 Å². The fraction of sp³-hybridized carbons (Fsp3) is 0.167. The summed E-state index contributed by atoms with van der Waals surface area (Å²) >= 11 is 0. The molecule has 1 aromatic rings. The summed E-state index contributed by atoms with van der Waals surface area (Å²) in [6.45, 7) is 0. The number of carbonyl (C=O) groups is 1. The van der Waals surface area contributed by atoms with Crippen molar-refractivity contribution in [2.24, 2.45) is 0 Å². The zero-order valence-electron chi connectivity index (χ0n) is 5.83. The molecular formula is C6H6N2O3. The summed E-state index contributed by atoms with van der Waals surface area (Å²) in [4.78, 5) is 27.1. The summed E-state index contributed by atoms with van der Waals surface area (Å²) in [6.07, 6.45) is 1.24. The SMILES string of the molecule is COC(=O)c1nccc(=O)[nH]1. The Morgan fingerprint density at radius 3 is 3.00 bits per heavy atom. The van der Waals surface area contributed by atoms with Gasteiger partial charge in [0.15, 0.2) is 0 Å². The van der Waals surface area contributed by atoms with E-state index in [2.05, 4.69) is 14.7 Å². The zero-order chi connectivity index (χ0) is 8.27. The first kappa shape index (κ1) is 7.46. The molecular weight excluding hydrogens is 148 g/mol. The second-order valence-electron chi connectivity index (χ2n) is 1.77. The van der Waals surface area contributed by atoms with Crippen molar-refractivity contribution in [2.75, 3.05) is 7.11 Å². The van der Waals surface area contributed by atoms with Gasteiger partial charge in [-0.15, -0.1) is 0 Å². The molecule has 0 aliphatic heterocycles. The lowest BCUT2D eigenvalue weighted by molar-refractivity contribution is 0.0586. The normalized spacial score (nSPS) is 9.18. The molecule has 1 rings (SSSR count). The highest BCUT2D eigenvalue weighted by Crippen LogP contribution is 1.85. The quantitative estimate of drug-likeness (QED) is 0.556. The van der Waals surface area contributed by atoms with Crippen molar-refractivity contribution >= 4 is 5.97 Å². The summed E-state index contributed by atoms with van der Waals surface area (Å²) in [7, 11) is 1.22. The predicted octanol–water partition coefficient (Wildman–Crippen LogP) is -0.443. The molecule has 0 saturated heterocycles. The Morgan fingerprint density at radius 2 is 2.45 bits per heavy atom. The molecule has 0 aliphatic carbocycles. The largest absolute Gasteiger partial charge is 0.463 e. The van der Waals surface area contributed by atoms with Crippen LogP contribution in [0.5, 0.6) is 0 Å². The summed E-state index contributed by atoms with van der Waals surface area (Å²) in [6, 6.07) is 1.21. The number of nitrogens with zero attached hydrogens (tertiary/aromatic N) is 1. The van der Waals surface area contributed by atoms with Crippen LogP contribution in [0.15, 0.2) is 17.1 Å². The number of aromatic nitrogens is 2. The van der Waals surface area contributed by atoms with Crippen molar-refractivity contribution in [3.63, 3.8) is 0 Å². The number of rotatable bonds is 1. The first-order valence-electron chi connectivity index (χ1n) is 2.87. The topological polar surface area (TPSA) is 72.0 Å². The van der Waals surface area contributed by atoms with Crippen LogP contribution in [0.1, 0.15) is 10.6 Å². The number of H-pyrrole nitrogens is 1. The van der Waals surface area contributed by atoms with E-state index >= 15 is 0 Å². The van der Waals surface area contributed by atoms with Crippen molar-refractivity contribution in [3.05, 3.63) is 28.4 Å². The Labute approximate surface area is 62.0 Å². The fourth-order valence-corrected chi connectivity index (χ4v) is 0.571. The van der Waals surface area contributed by atoms with Gasteiger partial charge in [-0.1, -0.05) is 0 Å². The Kier molecular flexibility index (Phi) is 2.00. The van der Waals surface area contributed by atoms with Crippen LogP contribution in [0.4, 0.5) is 0 Å². The third-order valence-corrected chi connectivity index (χ3v) is 1.05. The predicted molar refractivity (Wildman–Crippen MR) is 36.2 cm³/mol. The average Bonchev–Trinajstić information content (AvgIpc) is 2.03. The maximum Gasteiger partial charge on any atom is 0.374 e. The van der Waals surface area contributed by atoms with Gasteiger partial charge in [0.05, 0.1) is 7.11 Å². The monoisotopic (exact) mass is 154 g/mol. The van der Waals surface area contributed by atoms with Crippen LogP contribution >= 0.6 is 0 Å². The number of methoxy groups -OCH3 is 1. The molecule has 0 spiro atoms. The van der Waals surface area contributed by atoms with E-state index in [1.807, 2.05) is 0 Å². The Bertz CT molecular complexity index is 318. The van der Waals surface area contributed by atoms with Crippen LogP contribution in [0.3, 0.4) is 0 Å². The molecule has 0 radical (unpaired) electrons. The molecule has 1 heterocycles. The average molecular weight is 154 g/mol. The van der Waals surface area contributed by atoms with Gasteiger partial charge in [-0.25, -0.2) is 9.78 Å². The molecule has 0 unspecified atom stereocenters. The third kappa shape index (κ3) is 1.64. The maximum atomic E-state index is 10.7. The van der Waals surface area contributed by atoms with E-state index in [1.54, 1.807) is 0 Å². The Balaban J connectivity index is 3.05. The second-order valence-corrected chi connectivity index (χ2v) is 1.77. The van der Waals surface area contributed by atoms with Crippen LogP contribution in [0, 0.1) is 0 Å². The van der Waals surface area contributed by atoms with E-state index in [-0.39, 0.29) is 11.4 Å². The van der Waals surface area contributed by atoms with Crippen LogP contribution in [0.2, 0.25) is 0 Å². The molecule has 0 atom stereocenters. The first-order valence-corrected chi connectivity index (χ1v) is 2.87. The van der Waals surface area contributed by atoms with Crippen LogP contribution in [0.25, 0.3) is 0 Å². The van der Waals surface area contributed by atoms with E-state index in [0.717, 1.165) is 0 Å². The van der Waals surface area contributed by atoms with Crippen molar-refractivity contribution in [3.8, 4) is 0 Å². The summed E-state index contributed by atoms with van der Waals surface area (Å²) < 4.78 is 4.32. The molecule has 58 valence electrons.